The Balaban J connectivity index is 2.20. The molecule has 2 rings (SSSR count). The molecule has 2 aliphatic rings. The highest BCUT2D eigenvalue weighted by Crippen LogP contribution is 2.27. The number of carbonyl (C=O) groups is 1. The highest BCUT2D eigenvalue weighted by molar-refractivity contribution is 5.83. The Morgan fingerprint density at radius 1 is 1.58 bits per heavy atom. The highest BCUT2D eigenvalue weighted by Gasteiger charge is 2.23. The molecule has 0 aromatic carbocycles. The molecular weight excluding hydrogens is 150 g/mol. The molecule has 12 heavy (non-hydrogen) atoms. The van der Waals surface area contributed by atoms with E-state index < -0.39 is 0 Å². The second kappa shape index (κ2) is 2.70. The van der Waals surface area contributed by atoms with Crippen LogP contribution in [0.25, 0.3) is 0 Å². The maximum absolute atomic E-state index is 11.1. The maximum atomic E-state index is 11.1. The molecule has 1 heterocycles. The van der Waals surface area contributed by atoms with Crippen LogP contribution in [0, 0.1) is 5.92 Å². The summed E-state index contributed by atoms with van der Waals surface area (Å²) in [5, 5.41) is 0. The second-order valence-electron chi connectivity index (χ2n) is 3.29. The first-order chi connectivity index (χ1) is 5.77. The van der Waals surface area contributed by atoms with Crippen LogP contribution in [0.5, 0.6) is 0 Å². The van der Waals surface area contributed by atoms with Gasteiger partial charge in [-0.3, -0.25) is 9.79 Å². The van der Waals surface area contributed by atoms with E-state index in [2.05, 4.69) is 4.99 Å². The molecule has 1 aliphatic carbocycles. The molecule has 0 fully saturated rings. The summed E-state index contributed by atoms with van der Waals surface area (Å²) in [5.74, 6) is 0.340. The van der Waals surface area contributed by atoms with E-state index in [1.165, 1.54) is 5.57 Å². The third-order valence-electron chi connectivity index (χ3n) is 2.42. The Labute approximate surface area is 71.7 Å². The minimum Gasteiger partial charge on any atom is -0.299 e. The molecule has 2 atom stereocenters. The average Bonchev–Trinajstić information content (AvgIpc) is 2.49. The summed E-state index contributed by atoms with van der Waals surface area (Å²) in [7, 11) is 0. The first kappa shape index (κ1) is 7.47. The summed E-state index contributed by atoms with van der Waals surface area (Å²) in [6, 6.07) is 0.237. The normalized spacial score (nSPS) is 31.6. The predicted molar refractivity (Wildman–Crippen MR) is 48.3 cm³/mol. The minimum absolute atomic E-state index is 0.0919. The van der Waals surface area contributed by atoms with Crippen molar-refractivity contribution in [1.82, 2.24) is 0 Å². The number of allylic oxidation sites excluding steroid dienone is 2. The lowest BCUT2D eigenvalue weighted by Gasteiger charge is -2.18. The van der Waals surface area contributed by atoms with Gasteiger partial charge in [-0.15, -0.1) is 0 Å². The molecule has 0 spiro atoms. The Hall–Kier alpha value is -1.18. The van der Waals surface area contributed by atoms with Crippen LogP contribution in [0.2, 0.25) is 0 Å². The van der Waals surface area contributed by atoms with Gasteiger partial charge in [-0.25, -0.2) is 0 Å². The molecule has 0 amide bonds. The van der Waals surface area contributed by atoms with Crippen LogP contribution in [-0.4, -0.2) is 18.0 Å². The van der Waals surface area contributed by atoms with E-state index in [1.54, 1.807) is 6.92 Å². The first-order valence-corrected chi connectivity index (χ1v) is 4.18. The average molecular weight is 161 g/mol. The number of nitrogens with zero attached hydrogens (tertiary/aromatic N) is 1. The van der Waals surface area contributed by atoms with Crippen LogP contribution in [0.3, 0.4) is 0 Å². The van der Waals surface area contributed by atoms with Gasteiger partial charge in [0.15, 0.2) is 0 Å². The van der Waals surface area contributed by atoms with Gasteiger partial charge < -0.3 is 0 Å². The number of Topliss-reactive ketones (excluding diaryl/α,β-unsaturated/α-hetero) is 1. The number of fused-ring (bicyclic) bond motifs is 1. The van der Waals surface area contributed by atoms with Crippen molar-refractivity contribution < 1.29 is 4.79 Å². The zero-order chi connectivity index (χ0) is 8.55. The molecule has 0 aromatic heterocycles. The standard InChI is InChI=1S/C10H11NO/c1-7(12)8-2-3-10-9(6-8)4-5-11-10/h2-5,8,10H,6H2,1H3. The predicted octanol–water partition coefficient (Wildman–Crippen LogP) is 1.53. The van der Waals surface area contributed by atoms with Gasteiger partial charge in [0.25, 0.3) is 0 Å². The van der Waals surface area contributed by atoms with Crippen LogP contribution in [0.4, 0.5) is 0 Å². The third-order valence-corrected chi connectivity index (χ3v) is 2.42. The molecule has 2 nitrogen and oxygen atoms in total. The molecule has 2 heteroatoms. The van der Waals surface area contributed by atoms with E-state index in [9.17, 15) is 4.79 Å². The fraction of sp³-hybridized carbons (Fsp3) is 0.400. The zero-order valence-electron chi connectivity index (χ0n) is 7.03. The van der Waals surface area contributed by atoms with Crippen LogP contribution in [0.1, 0.15) is 13.3 Å². The number of hydrogen-bond donors (Lipinski definition) is 0. The van der Waals surface area contributed by atoms with Crippen LogP contribution >= 0.6 is 0 Å². The van der Waals surface area contributed by atoms with Crippen molar-refractivity contribution in [2.45, 2.75) is 19.4 Å². The molecule has 0 saturated heterocycles. The second-order valence-corrected chi connectivity index (χ2v) is 3.29. The molecule has 0 N–H and O–H groups in total. The summed E-state index contributed by atoms with van der Waals surface area (Å²) >= 11 is 0. The molecule has 1 aliphatic heterocycles. The van der Waals surface area contributed by atoms with Crippen molar-refractivity contribution >= 4 is 12.0 Å². The van der Waals surface area contributed by atoms with Gasteiger partial charge in [0.05, 0.1) is 6.04 Å². The molecule has 0 aromatic rings. The topological polar surface area (TPSA) is 29.4 Å². The lowest BCUT2D eigenvalue weighted by Crippen LogP contribution is -2.17. The largest absolute Gasteiger partial charge is 0.299 e. The lowest BCUT2D eigenvalue weighted by molar-refractivity contribution is -0.119. The van der Waals surface area contributed by atoms with Gasteiger partial charge in [-0.1, -0.05) is 12.2 Å². The SMILES string of the molecule is CC(=O)C1C=CC2N=CC=C2C1. The number of ketones is 1. The van der Waals surface area contributed by atoms with Gasteiger partial charge in [0, 0.05) is 12.1 Å². The first-order valence-electron chi connectivity index (χ1n) is 4.18. The van der Waals surface area contributed by atoms with Crippen molar-refractivity contribution in [3.05, 3.63) is 23.8 Å². The van der Waals surface area contributed by atoms with E-state index in [1.807, 2.05) is 24.4 Å². The Morgan fingerprint density at radius 3 is 3.17 bits per heavy atom. The number of hydrogen-bond acceptors (Lipinski definition) is 2. The van der Waals surface area contributed by atoms with E-state index in [-0.39, 0.29) is 17.7 Å². The van der Waals surface area contributed by atoms with Crippen LogP contribution in [-0.2, 0) is 4.79 Å². The quantitative estimate of drug-likeness (QED) is 0.536. The maximum Gasteiger partial charge on any atom is 0.136 e. The van der Waals surface area contributed by atoms with Gasteiger partial charge in [-0.2, -0.15) is 0 Å². The zero-order valence-corrected chi connectivity index (χ0v) is 7.03. The van der Waals surface area contributed by atoms with E-state index >= 15 is 0 Å². The van der Waals surface area contributed by atoms with Gasteiger partial charge >= 0.3 is 0 Å². The van der Waals surface area contributed by atoms with E-state index in [4.69, 9.17) is 0 Å². The van der Waals surface area contributed by atoms with E-state index in [0.29, 0.717) is 0 Å². The molecular formula is C10H11NO. The Kier molecular flexibility index (Phi) is 1.68. The summed E-state index contributed by atoms with van der Waals surface area (Å²) < 4.78 is 0. The van der Waals surface area contributed by atoms with Crippen molar-refractivity contribution in [2.24, 2.45) is 10.9 Å². The fourth-order valence-electron chi connectivity index (χ4n) is 1.63. The van der Waals surface area contributed by atoms with Crippen molar-refractivity contribution in [3.63, 3.8) is 0 Å². The number of carbonyl (C=O) groups excluding carboxylic acids is 1. The third kappa shape index (κ3) is 1.13. The fourth-order valence-corrected chi connectivity index (χ4v) is 1.63. The monoisotopic (exact) mass is 161 g/mol. The Morgan fingerprint density at radius 2 is 2.42 bits per heavy atom. The summed E-state index contributed by atoms with van der Waals surface area (Å²) in [5.41, 5.74) is 1.28. The van der Waals surface area contributed by atoms with Crippen molar-refractivity contribution in [3.8, 4) is 0 Å². The van der Waals surface area contributed by atoms with Crippen LogP contribution in [0.15, 0.2) is 28.8 Å². The lowest BCUT2D eigenvalue weighted by atomic mass is 9.87. The van der Waals surface area contributed by atoms with Crippen LogP contribution < -0.4 is 0 Å². The smallest absolute Gasteiger partial charge is 0.136 e. The van der Waals surface area contributed by atoms with Crippen molar-refractivity contribution in [2.75, 3.05) is 0 Å². The van der Waals surface area contributed by atoms with E-state index in [0.717, 1.165) is 6.42 Å². The molecule has 0 saturated carbocycles. The summed E-state index contributed by atoms with van der Waals surface area (Å²) in [6.45, 7) is 1.64. The summed E-state index contributed by atoms with van der Waals surface area (Å²) in [6.07, 6.45) is 8.70. The van der Waals surface area contributed by atoms with Gasteiger partial charge in [0.2, 0.25) is 0 Å². The molecule has 62 valence electrons. The number of rotatable bonds is 1. The van der Waals surface area contributed by atoms with Gasteiger partial charge in [-0.05, 0) is 25.0 Å². The Bertz CT molecular complexity index is 299. The van der Waals surface area contributed by atoms with Gasteiger partial charge in [0.1, 0.15) is 5.78 Å². The van der Waals surface area contributed by atoms with Crippen molar-refractivity contribution in [1.29, 1.82) is 0 Å². The highest BCUT2D eigenvalue weighted by atomic mass is 16.1. The molecule has 2 unspecified atom stereocenters. The minimum atomic E-state index is 0.0919. The summed E-state index contributed by atoms with van der Waals surface area (Å²) in [4.78, 5) is 15.3. The number of aliphatic imine (C=N–C) groups is 1. The molecule has 0 radical (unpaired) electrons. The molecule has 0 bridgehead atoms.